The molecule has 2 heterocycles. The molecule has 212 valence electrons. The number of anilines is 1. The third kappa shape index (κ3) is 5.40. The Morgan fingerprint density at radius 2 is 1.76 bits per heavy atom. The SMILES string of the molecule is CCOc1nc2cccc(C(=O)N(C)C)c2n1Cc1ccc(-c2ccccc2S(=O)(=O)Nc2onc(C)c2C)cc1. The quantitative estimate of drug-likeness (QED) is 0.256. The number of sulfonamides is 1. The molecule has 0 atom stereocenters. The largest absolute Gasteiger partial charge is 0.465 e. The molecule has 0 aliphatic rings. The molecule has 5 aromatic rings. The monoisotopic (exact) mass is 573 g/mol. The van der Waals surface area contributed by atoms with Gasteiger partial charge in [0.2, 0.25) is 5.88 Å². The molecule has 11 heteroatoms. The lowest BCUT2D eigenvalue weighted by Crippen LogP contribution is -2.22. The summed E-state index contributed by atoms with van der Waals surface area (Å²) in [6, 6.07) is 20.3. The van der Waals surface area contributed by atoms with Crippen LogP contribution in [0.15, 0.2) is 76.1 Å². The van der Waals surface area contributed by atoms with Crippen LogP contribution in [-0.2, 0) is 16.6 Å². The summed E-state index contributed by atoms with van der Waals surface area (Å²) in [6.45, 7) is 6.20. The van der Waals surface area contributed by atoms with Crippen molar-refractivity contribution in [2.75, 3.05) is 25.4 Å². The maximum absolute atomic E-state index is 13.3. The van der Waals surface area contributed by atoms with Crippen molar-refractivity contribution in [3.63, 3.8) is 0 Å². The fourth-order valence-electron chi connectivity index (χ4n) is 4.56. The van der Waals surface area contributed by atoms with Crippen LogP contribution in [0.2, 0.25) is 0 Å². The molecule has 10 nitrogen and oxygen atoms in total. The van der Waals surface area contributed by atoms with Gasteiger partial charge < -0.3 is 14.2 Å². The third-order valence-electron chi connectivity index (χ3n) is 6.81. The highest BCUT2D eigenvalue weighted by molar-refractivity contribution is 7.92. The Labute approximate surface area is 238 Å². The number of imidazole rings is 1. The first kappa shape index (κ1) is 27.9. The van der Waals surface area contributed by atoms with Crippen molar-refractivity contribution in [1.82, 2.24) is 19.6 Å². The van der Waals surface area contributed by atoms with Crippen LogP contribution in [0.25, 0.3) is 22.2 Å². The maximum Gasteiger partial charge on any atom is 0.297 e. The normalized spacial score (nSPS) is 11.5. The predicted molar refractivity (Wildman–Crippen MR) is 157 cm³/mol. The number of aromatic nitrogens is 3. The summed E-state index contributed by atoms with van der Waals surface area (Å²) >= 11 is 0. The van der Waals surface area contributed by atoms with Gasteiger partial charge in [-0.1, -0.05) is 53.7 Å². The van der Waals surface area contributed by atoms with E-state index in [4.69, 9.17) is 9.26 Å². The number of carbonyl (C=O) groups excluding carboxylic acids is 1. The number of fused-ring (bicyclic) bond motifs is 1. The lowest BCUT2D eigenvalue weighted by Gasteiger charge is -2.15. The topological polar surface area (TPSA) is 120 Å². The van der Waals surface area contributed by atoms with E-state index in [0.29, 0.717) is 52.6 Å². The molecule has 5 rings (SSSR count). The van der Waals surface area contributed by atoms with E-state index in [0.717, 1.165) is 11.1 Å². The van der Waals surface area contributed by atoms with Crippen molar-refractivity contribution < 1.29 is 22.5 Å². The molecule has 1 amide bonds. The Kier molecular flexibility index (Phi) is 7.55. The molecule has 0 spiro atoms. The number of amides is 1. The van der Waals surface area contributed by atoms with Crippen molar-refractivity contribution in [1.29, 1.82) is 0 Å². The number of hydrogen-bond donors (Lipinski definition) is 1. The van der Waals surface area contributed by atoms with Crippen LogP contribution < -0.4 is 9.46 Å². The summed E-state index contributed by atoms with van der Waals surface area (Å²) in [7, 11) is -0.530. The zero-order chi connectivity index (χ0) is 29.3. The van der Waals surface area contributed by atoms with Crippen LogP contribution in [0.5, 0.6) is 6.01 Å². The Morgan fingerprint density at radius 1 is 1.02 bits per heavy atom. The molecule has 1 N–H and O–H groups in total. The van der Waals surface area contributed by atoms with E-state index in [1.54, 1.807) is 58.3 Å². The lowest BCUT2D eigenvalue weighted by atomic mass is 10.0. The molecule has 3 aromatic carbocycles. The Bertz CT molecular complexity index is 1840. The molecule has 0 aliphatic heterocycles. The fourth-order valence-corrected chi connectivity index (χ4v) is 5.84. The van der Waals surface area contributed by atoms with Crippen molar-refractivity contribution >= 4 is 32.8 Å². The second kappa shape index (κ2) is 11.1. The molecule has 0 fully saturated rings. The lowest BCUT2D eigenvalue weighted by molar-refractivity contribution is 0.0829. The number of aryl methyl sites for hydroxylation is 1. The zero-order valence-electron chi connectivity index (χ0n) is 23.5. The number of rotatable bonds is 9. The molecule has 0 aliphatic carbocycles. The van der Waals surface area contributed by atoms with Gasteiger partial charge in [0.15, 0.2) is 0 Å². The van der Waals surface area contributed by atoms with Gasteiger partial charge in [-0.15, -0.1) is 0 Å². The minimum Gasteiger partial charge on any atom is -0.465 e. The van der Waals surface area contributed by atoms with Gasteiger partial charge in [-0.2, -0.15) is 4.98 Å². The van der Waals surface area contributed by atoms with E-state index >= 15 is 0 Å². The van der Waals surface area contributed by atoms with E-state index in [-0.39, 0.29) is 16.7 Å². The summed E-state index contributed by atoms with van der Waals surface area (Å²) in [6.07, 6.45) is 0. The molecule has 2 aromatic heterocycles. The minimum absolute atomic E-state index is 0.0948. The molecule has 0 radical (unpaired) electrons. The van der Waals surface area contributed by atoms with Crippen LogP contribution in [0.1, 0.15) is 34.1 Å². The first-order valence-corrected chi connectivity index (χ1v) is 14.6. The average Bonchev–Trinajstić information content (AvgIpc) is 3.47. The average molecular weight is 574 g/mol. The van der Waals surface area contributed by atoms with Gasteiger partial charge >= 0.3 is 0 Å². The first-order chi connectivity index (χ1) is 19.6. The van der Waals surface area contributed by atoms with Gasteiger partial charge in [0.1, 0.15) is 0 Å². The van der Waals surface area contributed by atoms with Crippen molar-refractivity contribution in [3.05, 3.63) is 89.1 Å². The van der Waals surface area contributed by atoms with E-state index in [1.165, 1.54) is 4.90 Å². The van der Waals surface area contributed by atoms with Crippen LogP contribution in [-0.4, -0.2) is 54.6 Å². The van der Waals surface area contributed by atoms with E-state index in [2.05, 4.69) is 14.9 Å². The fraction of sp³-hybridized carbons (Fsp3) is 0.233. The van der Waals surface area contributed by atoms with Crippen molar-refractivity contribution in [3.8, 4) is 17.1 Å². The third-order valence-corrected chi connectivity index (χ3v) is 8.20. The Hall–Kier alpha value is -4.64. The summed E-state index contributed by atoms with van der Waals surface area (Å²) in [5.41, 5.74) is 5.33. The number of nitrogens with one attached hydrogen (secondary N) is 1. The highest BCUT2D eigenvalue weighted by Gasteiger charge is 2.23. The van der Waals surface area contributed by atoms with Crippen LogP contribution in [0, 0.1) is 13.8 Å². The molecule has 0 unspecified atom stereocenters. The second-order valence-corrected chi connectivity index (χ2v) is 11.5. The molecular weight excluding hydrogens is 542 g/mol. The molecular formula is C30H31N5O5S. The van der Waals surface area contributed by atoms with E-state index < -0.39 is 10.0 Å². The van der Waals surface area contributed by atoms with Gasteiger partial charge in [-0.3, -0.25) is 9.36 Å². The van der Waals surface area contributed by atoms with Gasteiger partial charge in [0.05, 0.1) is 40.3 Å². The molecule has 0 saturated carbocycles. The Balaban J connectivity index is 1.50. The summed E-state index contributed by atoms with van der Waals surface area (Å²) in [5.74, 6) is -0.0327. The molecule has 0 bridgehead atoms. The summed E-state index contributed by atoms with van der Waals surface area (Å²) < 4.78 is 42.1. The Morgan fingerprint density at radius 3 is 2.41 bits per heavy atom. The van der Waals surface area contributed by atoms with Gasteiger partial charge in [0, 0.05) is 25.2 Å². The van der Waals surface area contributed by atoms with Crippen LogP contribution in [0.4, 0.5) is 5.88 Å². The van der Waals surface area contributed by atoms with Gasteiger partial charge in [-0.25, -0.2) is 13.1 Å². The number of benzene rings is 3. The van der Waals surface area contributed by atoms with E-state index in [9.17, 15) is 13.2 Å². The summed E-state index contributed by atoms with van der Waals surface area (Å²) in [4.78, 5) is 19.2. The standard InChI is InChI=1S/C30H31N5O5S/c1-6-39-30-31-25-12-9-11-24(29(36)34(4)5)27(25)35(30)18-21-14-16-22(17-15-21)23-10-7-8-13-26(23)41(37,38)33-28-19(2)20(3)32-40-28/h7-17,33H,6,18H2,1-5H3. The molecule has 0 saturated heterocycles. The second-order valence-electron chi connectivity index (χ2n) is 9.81. The van der Waals surface area contributed by atoms with Gasteiger partial charge in [-0.05, 0) is 50.1 Å². The number of hydrogen-bond acceptors (Lipinski definition) is 7. The van der Waals surface area contributed by atoms with Gasteiger partial charge in [0.25, 0.3) is 21.9 Å². The highest BCUT2D eigenvalue weighted by atomic mass is 32.2. The maximum atomic E-state index is 13.3. The van der Waals surface area contributed by atoms with Crippen LogP contribution in [0.3, 0.4) is 0 Å². The molecule has 41 heavy (non-hydrogen) atoms. The van der Waals surface area contributed by atoms with E-state index in [1.807, 2.05) is 47.9 Å². The van der Waals surface area contributed by atoms with Crippen LogP contribution >= 0.6 is 0 Å². The number of nitrogens with zero attached hydrogens (tertiary/aromatic N) is 4. The number of ether oxygens (including phenoxy) is 1. The zero-order valence-corrected chi connectivity index (χ0v) is 24.3. The van der Waals surface area contributed by atoms with Crippen molar-refractivity contribution in [2.24, 2.45) is 0 Å². The smallest absolute Gasteiger partial charge is 0.297 e. The minimum atomic E-state index is -3.96. The summed E-state index contributed by atoms with van der Waals surface area (Å²) in [5, 5.41) is 3.84. The number of para-hydroxylation sites is 1. The first-order valence-electron chi connectivity index (χ1n) is 13.1. The number of carbonyl (C=O) groups is 1. The van der Waals surface area contributed by atoms with Crippen molar-refractivity contribution in [2.45, 2.75) is 32.2 Å². The highest BCUT2D eigenvalue weighted by Crippen LogP contribution is 2.31. The predicted octanol–water partition coefficient (Wildman–Crippen LogP) is 5.26.